The Hall–Kier alpha value is -2.78. The number of hydrogen-bond acceptors (Lipinski definition) is 5. The summed E-state index contributed by atoms with van der Waals surface area (Å²) in [5, 5.41) is 2.53. The Morgan fingerprint density at radius 1 is 1.07 bits per heavy atom. The summed E-state index contributed by atoms with van der Waals surface area (Å²) in [7, 11) is -3.68. The first-order valence-corrected chi connectivity index (χ1v) is 10.9. The third-order valence-electron chi connectivity index (χ3n) is 4.42. The molecule has 0 saturated carbocycles. The predicted molar refractivity (Wildman–Crippen MR) is 111 cm³/mol. The molecular weight excluding hydrogens is 411 g/mol. The van der Waals surface area contributed by atoms with E-state index in [2.05, 4.69) is 5.32 Å². The molecule has 0 bridgehead atoms. The standard InChI is InChI=1S/C21H25FN2O5S/c1-4-24(5-2)30(27,28)19-13-18(11-6-15(19)3)23-20(25)14-29-21(26)12-16-7-9-17(22)10-8-16/h6-11,13H,4-5,12,14H2,1-3H3,(H,23,25). The number of carbonyl (C=O) groups excluding carboxylic acids is 2. The number of anilines is 1. The Morgan fingerprint density at radius 2 is 1.70 bits per heavy atom. The minimum Gasteiger partial charge on any atom is -0.455 e. The number of hydrogen-bond donors (Lipinski definition) is 1. The maximum atomic E-state index is 12.9. The third-order valence-corrected chi connectivity index (χ3v) is 6.61. The van der Waals surface area contributed by atoms with E-state index in [0.29, 0.717) is 24.2 Å². The molecule has 1 amide bonds. The minimum atomic E-state index is -3.68. The van der Waals surface area contributed by atoms with Crippen LogP contribution < -0.4 is 5.32 Å². The molecule has 0 heterocycles. The summed E-state index contributed by atoms with van der Waals surface area (Å²) in [4.78, 5) is 24.1. The number of nitrogens with zero attached hydrogens (tertiary/aromatic N) is 1. The lowest BCUT2D eigenvalue weighted by molar-refractivity contribution is -0.146. The normalized spacial score (nSPS) is 11.4. The lowest BCUT2D eigenvalue weighted by Crippen LogP contribution is -2.31. The van der Waals surface area contributed by atoms with E-state index in [0.717, 1.165) is 0 Å². The van der Waals surface area contributed by atoms with Crippen molar-refractivity contribution < 1.29 is 27.1 Å². The van der Waals surface area contributed by atoms with Gasteiger partial charge in [-0.1, -0.05) is 32.0 Å². The highest BCUT2D eigenvalue weighted by Gasteiger charge is 2.24. The highest BCUT2D eigenvalue weighted by Crippen LogP contribution is 2.23. The zero-order valence-corrected chi connectivity index (χ0v) is 18.0. The van der Waals surface area contributed by atoms with Crippen molar-refractivity contribution >= 4 is 27.6 Å². The zero-order valence-electron chi connectivity index (χ0n) is 17.1. The molecule has 2 aromatic carbocycles. The monoisotopic (exact) mass is 436 g/mol. The summed E-state index contributed by atoms with van der Waals surface area (Å²) in [6.07, 6.45) is -0.0929. The molecule has 9 heteroatoms. The van der Waals surface area contributed by atoms with E-state index in [9.17, 15) is 22.4 Å². The van der Waals surface area contributed by atoms with Crippen molar-refractivity contribution in [3.05, 3.63) is 59.4 Å². The number of ether oxygens (including phenoxy) is 1. The lowest BCUT2D eigenvalue weighted by Gasteiger charge is -2.20. The van der Waals surface area contributed by atoms with Gasteiger partial charge in [-0.05, 0) is 42.3 Å². The maximum absolute atomic E-state index is 12.9. The van der Waals surface area contributed by atoms with Crippen LogP contribution in [0.2, 0.25) is 0 Å². The summed E-state index contributed by atoms with van der Waals surface area (Å²) < 4.78 is 44.7. The Kier molecular flexibility index (Phi) is 8.08. The van der Waals surface area contributed by atoms with Gasteiger partial charge in [0, 0.05) is 18.8 Å². The highest BCUT2D eigenvalue weighted by molar-refractivity contribution is 7.89. The second-order valence-electron chi connectivity index (χ2n) is 6.58. The molecule has 162 valence electrons. The highest BCUT2D eigenvalue weighted by atomic mass is 32.2. The van der Waals surface area contributed by atoms with Crippen LogP contribution in [-0.2, 0) is 30.8 Å². The molecule has 0 aliphatic heterocycles. The molecule has 0 spiro atoms. The van der Waals surface area contributed by atoms with Gasteiger partial charge >= 0.3 is 5.97 Å². The summed E-state index contributed by atoms with van der Waals surface area (Å²) in [5.74, 6) is -1.64. The quantitative estimate of drug-likeness (QED) is 0.610. The van der Waals surface area contributed by atoms with Crippen molar-refractivity contribution in [1.82, 2.24) is 4.31 Å². The van der Waals surface area contributed by atoms with Crippen LogP contribution in [0.1, 0.15) is 25.0 Å². The number of esters is 1. The average Bonchev–Trinajstić information content (AvgIpc) is 2.70. The van der Waals surface area contributed by atoms with Crippen molar-refractivity contribution in [2.24, 2.45) is 0 Å². The fraction of sp³-hybridized carbons (Fsp3) is 0.333. The molecule has 2 aromatic rings. The number of rotatable bonds is 9. The van der Waals surface area contributed by atoms with Gasteiger partial charge in [-0.15, -0.1) is 0 Å². The largest absolute Gasteiger partial charge is 0.455 e. The maximum Gasteiger partial charge on any atom is 0.310 e. The van der Waals surface area contributed by atoms with Gasteiger partial charge < -0.3 is 10.1 Å². The van der Waals surface area contributed by atoms with E-state index in [-0.39, 0.29) is 17.0 Å². The van der Waals surface area contributed by atoms with Crippen molar-refractivity contribution in [2.45, 2.75) is 32.1 Å². The average molecular weight is 437 g/mol. The summed E-state index contributed by atoms with van der Waals surface area (Å²) in [6, 6.07) is 9.96. The van der Waals surface area contributed by atoms with Gasteiger partial charge in [0.1, 0.15) is 5.82 Å². The number of carbonyl (C=O) groups is 2. The first kappa shape index (κ1) is 23.5. The molecule has 0 saturated heterocycles. The predicted octanol–water partition coefficient (Wildman–Crippen LogP) is 2.89. The molecule has 0 aromatic heterocycles. The first-order chi connectivity index (χ1) is 14.2. The van der Waals surface area contributed by atoms with Crippen LogP contribution in [0.4, 0.5) is 10.1 Å². The van der Waals surface area contributed by atoms with Gasteiger partial charge in [-0.3, -0.25) is 9.59 Å². The molecule has 7 nitrogen and oxygen atoms in total. The van der Waals surface area contributed by atoms with Crippen LogP contribution in [-0.4, -0.2) is 44.3 Å². The molecule has 30 heavy (non-hydrogen) atoms. The molecular formula is C21H25FN2O5S. The van der Waals surface area contributed by atoms with E-state index in [4.69, 9.17) is 4.74 Å². The summed E-state index contributed by atoms with van der Waals surface area (Å²) in [5.41, 5.74) is 1.41. The van der Waals surface area contributed by atoms with Crippen LogP contribution in [0.3, 0.4) is 0 Å². The lowest BCUT2D eigenvalue weighted by atomic mass is 10.1. The van der Waals surface area contributed by atoms with Gasteiger partial charge in [0.25, 0.3) is 5.91 Å². The smallest absolute Gasteiger partial charge is 0.310 e. The van der Waals surface area contributed by atoms with Gasteiger partial charge in [-0.25, -0.2) is 12.8 Å². The van der Waals surface area contributed by atoms with Crippen LogP contribution in [0.15, 0.2) is 47.4 Å². The molecule has 1 N–H and O–H groups in total. The minimum absolute atomic E-state index is 0.0929. The van der Waals surface area contributed by atoms with Crippen LogP contribution in [0, 0.1) is 12.7 Å². The molecule has 0 atom stereocenters. The van der Waals surface area contributed by atoms with Gasteiger partial charge in [0.2, 0.25) is 10.0 Å². The molecule has 0 radical (unpaired) electrons. The second kappa shape index (κ2) is 10.3. The number of benzene rings is 2. The Balaban J connectivity index is 2.00. The van der Waals surface area contributed by atoms with E-state index in [1.807, 2.05) is 0 Å². The fourth-order valence-corrected chi connectivity index (χ4v) is 4.53. The van der Waals surface area contributed by atoms with Crippen LogP contribution in [0.5, 0.6) is 0 Å². The van der Waals surface area contributed by atoms with Gasteiger partial charge in [-0.2, -0.15) is 4.31 Å². The fourth-order valence-electron chi connectivity index (χ4n) is 2.82. The first-order valence-electron chi connectivity index (χ1n) is 9.48. The molecule has 2 rings (SSSR count). The van der Waals surface area contributed by atoms with Crippen molar-refractivity contribution in [1.29, 1.82) is 0 Å². The van der Waals surface area contributed by atoms with Crippen LogP contribution in [0.25, 0.3) is 0 Å². The van der Waals surface area contributed by atoms with E-state index < -0.39 is 34.3 Å². The van der Waals surface area contributed by atoms with E-state index >= 15 is 0 Å². The van der Waals surface area contributed by atoms with Crippen LogP contribution >= 0.6 is 0 Å². The summed E-state index contributed by atoms with van der Waals surface area (Å²) >= 11 is 0. The van der Waals surface area contributed by atoms with Gasteiger partial charge in [0.15, 0.2) is 6.61 Å². The Bertz CT molecular complexity index is 1000. The molecule has 0 aliphatic rings. The topological polar surface area (TPSA) is 92.8 Å². The molecule has 0 aliphatic carbocycles. The van der Waals surface area contributed by atoms with Crippen molar-refractivity contribution in [3.63, 3.8) is 0 Å². The van der Waals surface area contributed by atoms with Crippen molar-refractivity contribution in [3.8, 4) is 0 Å². The van der Waals surface area contributed by atoms with Crippen molar-refractivity contribution in [2.75, 3.05) is 25.0 Å². The second-order valence-corrected chi connectivity index (χ2v) is 8.49. The number of amides is 1. The number of halogens is 1. The van der Waals surface area contributed by atoms with E-state index in [1.165, 1.54) is 34.6 Å². The number of nitrogens with one attached hydrogen (secondary N) is 1. The van der Waals surface area contributed by atoms with E-state index in [1.54, 1.807) is 32.9 Å². The molecule has 0 unspecified atom stereocenters. The Labute approximate surface area is 175 Å². The SMILES string of the molecule is CCN(CC)S(=O)(=O)c1cc(NC(=O)COC(=O)Cc2ccc(F)cc2)ccc1C. The number of sulfonamides is 1. The number of aryl methyl sites for hydroxylation is 1. The zero-order chi connectivity index (χ0) is 22.3. The summed E-state index contributed by atoms with van der Waals surface area (Å²) in [6.45, 7) is 5.33. The Morgan fingerprint density at radius 3 is 2.30 bits per heavy atom. The third kappa shape index (κ3) is 6.11. The molecule has 0 fully saturated rings. The van der Waals surface area contributed by atoms with Gasteiger partial charge in [0.05, 0.1) is 11.3 Å².